The van der Waals surface area contributed by atoms with E-state index in [-0.39, 0.29) is 35.4 Å². The smallest absolute Gasteiger partial charge is 0.224 e. The van der Waals surface area contributed by atoms with Crippen LogP contribution in [-0.2, 0) is 4.79 Å². The number of carbonyl (C=O) groups is 1. The van der Waals surface area contributed by atoms with E-state index in [4.69, 9.17) is 4.74 Å². The van der Waals surface area contributed by atoms with E-state index in [1.165, 1.54) is 25.3 Å². The Bertz CT molecular complexity index is 763. The fourth-order valence-electron chi connectivity index (χ4n) is 2.95. The van der Waals surface area contributed by atoms with Crippen LogP contribution < -0.4 is 10.1 Å². The maximum absolute atomic E-state index is 13.8. The van der Waals surface area contributed by atoms with Crippen molar-refractivity contribution in [2.24, 2.45) is 5.92 Å². The van der Waals surface area contributed by atoms with Gasteiger partial charge in [0.1, 0.15) is 5.82 Å². The Balaban J connectivity index is 1.62. The third-order valence-electron chi connectivity index (χ3n) is 4.44. The lowest BCUT2D eigenvalue weighted by Crippen LogP contribution is -2.28. The van der Waals surface area contributed by atoms with Crippen molar-refractivity contribution in [3.63, 3.8) is 0 Å². The van der Waals surface area contributed by atoms with Gasteiger partial charge in [-0.05, 0) is 54.7 Å². The van der Waals surface area contributed by atoms with Crippen LogP contribution >= 0.6 is 0 Å². The number of amides is 1. The molecule has 1 aliphatic carbocycles. The van der Waals surface area contributed by atoms with Gasteiger partial charge in [0, 0.05) is 5.92 Å². The Hall–Kier alpha value is -2.43. The number of methoxy groups -OCH3 is 1. The summed E-state index contributed by atoms with van der Waals surface area (Å²) in [5.41, 5.74) is 1.52. The molecule has 3 rings (SSSR count). The molecule has 0 radical (unpaired) electrons. The Morgan fingerprint density at radius 1 is 1.25 bits per heavy atom. The first-order valence-electron chi connectivity index (χ1n) is 7.89. The molecule has 0 aliphatic heterocycles. The lowest BCUT2D eigenvalue weighted by Gasteiger charge is -2.15. The standard InChI is InChI=1S/C19H19F2NO2/c1-11(12-6-7-18(24-2)17(21)9-12)22-19(23)16-10-15(16)13-4-3-5-14(20)8-13/h3-9,11,15-16H,10H2,1-2H3,(H,22,23). The summed E-state index contributed by atoms with van der Waals surface area (Å²) in [4.78, 5) is 12.3. The molecule has 3 unspecified atom stereocenters. The summed E-state index contributed by atoms with van der Waals surface area (Å²) in [5, 5.41) is 2.90. The Labute approximate surface area is 139 Å². The number of ether oxygens (including phenoxy) is 1. The van der Waals surface area contributed by atoms with Crippen molar-refractivity contribution in [1.82, 2.24) is 5.32 Å². The molecule has 0 spiro atoms. The predicted octanol–water partition coefficient (Wildman–Crippen LogP) is 3.95. The molecule has 0 heterocycles. The minimum atomic E-state index is -0.458. The molecule has 126 valence electrons. The third kappa shape index (κ3) is 3.40. The molecule has 2 aromatic rings. The van der Waals surface area contributed by atoms with Crippen LogP contribution in [0.15, 0.2) is 42.5 Å². The van der Waals surface area contributed by atoms with Crippen LogP contribution in [-0.4, -0.2) is 13.0 Å². The van der Waals surface area contributed by atoms with Gasteiger partial charge in [-0.1, -0.05) is 18.2 Å². The van der Waals surface area contributed by atoms with Gasteiger partial charge in [-0.2, -0.15) is 0 Å². The highest BCUT2D eigenvalue weighted by Crippen LogP contribution is 2.47. The molecule has 5 heteroatoms. The van der Waals surface area contributed by atoms with Gasteiger partial charge in [-0.25, -0.2) is 8.78 Å². The molecule has 1 fully saturated rings. The van der Waals surface area contributed by atoms with Gasteiger partial charge in [0.25, 0.3) is 0 Å². The number of carbonyl (C=O) groups excluding carboxylic acids is 1. The quantitative estimate of drug-likeness (QED) is 0.901. The topological polar surface area (TPSA) is 38.3 Å². The number of rotatable bonds is 5. The number of benzene rings is 2. The van der Waals surface area contributed by atoms with E-state index >= 15 is 0 Å². The third-order valence-corrected chi connectivity index (χ3v) is 4.44. The molecule has 3 atom stereocenters. The highest BCUT2D eigenvalue weighted by Gasteiger charge is 2.44. The number of hydrogen-bond acceptors (Lipinski definition) is 2. The first-order chi connectivity index (χ1) is 11.5. The maximum atomic E-state index is 13.8. The zero-order chi connectivity index (χ0) is 17.3. The molecule has 1 saturated carbocycles. The van der Waals surface area contributed by atoms with Crippen molar-refractivity contribution in [2.45, 2.75) is 25.3 Å². The molecule has 3 nitrogen and oxygen atoms in total. The largest absolute Gasteiger partial charge is 0.494 e. The normalized spacial score (nSPS) is 20.3. The van der Waals surface area contributed by atoms with Crippen molar-refractivity contribution in [3.8, 4) is 5.75 Å². The highest BCUT2D eigenvalue weighted by molar-refractivity contribution is 5.83. The summed E-state index contributed by atoms with van der Waals surface area (Å²) in [6.45, 7) is 1.80. The molecule has 1 N–H and O–H groups in total. The molecule has 0 aromatic heterocycles. The fourth-order valence-corrected chi connectivity index (χ4v) is 2.95. The van der Waals surface area contributed by atoms with Crippen LogP contribution in [0.25, 0.3) is 0 Å². The van der Waals surface area contributed by atoms with E-state index in [0.717, 1.165) is 5.56 Å². The molecular weight excluding hydrogens is 312 g/mol. The Morgan fingerprint density at radius 3 is 2.71 bits per heavy atom. The lowest BCUT2D eigenvalue weighted by atomic mass is 10.1. The van der Waals surface area contributed by atoms with Gasteiger partial charge in [0.2, 0.25) is 5.91 Å². The zero-order valence-corrected chi connectivity index (χ0v) is 13.6. The molecule has 0 saturated heterocycles. The minimum Gasteiger partial charge on any atom is -0.494 e. The summed E-state index contributed by atoms with van der Waals surface area (Å²) in [6, 6.07) is 10.7. The van der Waals surface area contributed by atoms with E-state index < -0.39 is 5.82 Å². The van der Waals surface area contributed by atoms with Crippen molar-refractivity contribution < 1.29 is 18.3 Å². The predicted molar refractivity (Wildman–Crippen MR) is 86.8 cm³/mol. The van der Waals surface area contributed by atoms with Gasteiger partial charge in [-0.15, -0.1) is 0 Å². The van der Waals surface area contributed by atoms with E-state index in [0.29, 0.717) is 12.0 Å². The summed E-state index contributed by atoms with van der Waals surface area (Å²) < 4.78 is 31.9. The Morgan fingerprint density at radius 2 is 2.04 bits per heavy atom. The van der Waals surface area contributed by atoms with E-state index in [9.17, 15) is 13.6 Å². The average Bonchev–Trinajstić information content (AvgIpc) is 3.35. The molecule has 1 aliphatic rings. The fraction of sp³-hybridized carbons (Fsp3) is 0.316. The van der Waals surface area contributed by atoms with Crippen molar-refractivity contribution in [3.05, 3.63) is 65.2 Å². The van der Waals surface area contributed by atoms with E-state index in [1.54, 1.807) is 25.1 Å². The second-order valence-electron chi connectivity index (χ2n) is 6.13. The molecule has 1 amide bonds. The first-order valence-corrected chi connectivity index (χ1v) is 7.89. The van der Waals surface area contributed by atoms with Gasteiger partial charge in [-0.3, -0.25) is 4.79 Å². The summed E-state index contributed by atoms with van der Waals surface area (Å²) >= 11 is 0. The van der Waals surface area contributed by atoms with Crippen LogP contribution in [0, 0.1) is 17.6 Å². The van der Waals surface area contributed by atoms with Crippen LogP contribution in [0.4, 0.5) is 8.78 Å². The number of nitrogens with one attached hydrogen (secondary N) is 1. The second-order valence-corrected chi connectivity index (χ2v) is 6.13. The lowest BCUT2D eigenvalue weighted by molar-refractivity contribution is -0.123. The highest BCUT2D eigenvalue weighted by atomic mass is 19.1. The average molecular weight is 331 g/mol. The number of halogens is 2. The van der Waals surface area contributed by atoms with Crippen molar-refractivity contribution in [2.75, 3.05) is 7.11 Å². The monoisotopic (exact) mass is 331 g/mol. The van der Waals surface area contributed by atoms with Gasteiger partial charge >= 0.3 is 0 Å². The second kappa shape index (κ2) is 6.59. The molecule has 2 aromatic carbocycles. The molecule has 0 bridgehead atoms. The molecule has 24 heavy (non-hydrogen) atoms. The van der Waals surface area contributed by atoms with Crippen molar-refractivity contribution >= 4 is 5.91 Å². The SMILES string of the molecule is COc1ccc(C(C)NC(=O)C2CC2c2cccc(F)c2)cc1F. The summed E-state index contributed by atoms with van der Waals surface area (Å²) in [7, 11) is 1.41. The minimum absolute atomic E-state index is 0.0560. The first kappa shape index (κ1) is 16.4. The van der Waals surface area contributed by atoms with E-state index in [2.05, 4.69) is 5.32 Å². The van der Waals surface area contributed by atoms with Gasteiger partial charge < -0.3 is 10.1 Å². The maximum Gasteiger partial charge on any atom is 0.224 e. The van der Waals surface area contributed by atoms with Crippen LogP contribution in [0.2, 0.25) is 0 Å². The summed E-state index contributed by atoms with van der Waals surface area (Å²) in [6.07, 6.45) is 0.707. The Kier molecular flexibility index (Phi) is 4.51. The van der Waals surface area contributed by atoms with Crippen molar-refractivity contribution in [1.29, 1.82) is 0 Å². The number of hydrogen-bond donors (Lipinski definition) is 1. The van der Waals surface area contributed by atoms with Crippen LogP contribution in [0.1, 0.15) is 36.4 Å². The van der Waals surface area contributed by atoms with Crippen LogP contribution in [0.5, 0.6) is 5.75 Å². The van der Waals surface area contributed by atoms with Gasteiger partial charge in [0.05, 0.1) is 13.2 Å². The molecular formula is C19H19F2NO2. The zero-order valence-electron chi connectivity index (χ0n) is 13.6. The summed E-state index contributed by atoms with van der Waals surface area (Å²) in [5.74, 6) is -0.766. The van der Waals surface area contributed by atoms with Gasteiger partial charge in [0.15, 0.2) is 11.6 Å². The van der Waals surface area contributed by atoms with Crippen LogP contribution in [0.3, 0.4) is 0 Å². The van der Waals surface area contributed by atoms with E-state index in [1.807, 2.05) is 6.07 Å².